The zero-order chi connectivity index (χ0) is 18.7. The predicted molar refractivity (Wildman–Crippen MR) is 108 cm³/mol. The van der Waals surface area contributed by atoms with Crippen molar-refractivity contribution in [1.82, 2.24) is 7.76 Å². The molecule has 0 aliphatic heterocycles. The normalized spacial score (nSPS) is 12.7. The van der Waals surface area contributed by atoms with Gasteiger partial charge in [-0.3, -0.25) is 0 Å². The minimum atomic E-state index is -0.627. The molecule has 134 valence electrons. The summed E-state index contributed by atoms with van der Waals surface area (Å²) in [5.41, 5.74) is 3.02. The fourth-order valence-electron chi connectivity index (χ4n) is 2.90. The molecule has 0 aliphatic carbocycles. The van der Waals surface area contributed by atoms with E-state index < -0.39 is 6.10 Å². The standard InChI is InChI=1S/C18H14FI2N3OP/c1-3-13-14-5-7-24(21-2)16(14)9-15(19)17(13)18(25-26-20)11-4-6-23-12(8-11)10-22/h3-9,18,26H,1H2,2H3/q-1. The molecule has 0 spiro atoms. The first-order valence-electron chi connectivity index (χ1n) is 7.47. The quantitative estimate of drug-likeness (QED) is 0.251. The van der Waals surface area contributed by atoms with Gasteiger partial charge in [0.25, 0.3) is 0 Å². The van der Waals surface area contributed by atoms with Gasteiger partial charge in [0.2, 0.25) is 0 Å². The number of nitrogens with zero attached hydrogens (tertiary/aromatic N) is 3. The van der Waals surface area contributed by atoms with Crippen LogP contribution in [0, 0.1) is 17.1 Å². The van der Waals surface area contributed by atoms with E-state index >= 15 is 4.39 Å². The van der Waals surface area contributed by atoms with E-state index in [0.717, 1.165) is 16.5 Å². The van der Waals surface area contributed by atoms with Crippen LogP contribution in [-0.4, -0.2) is 12.7 Å². The van der Waals surface area contributed by atoms with Gasteiger partial charge in [-0.25, -0.2) is 0 Å². The van der Waals surface area contributed by atoms with Gasteiger partial charge in [0, 0.05) is 0 Å². The third kappa shape index (κ3) is 3.65. The summed E-state index contributed by atoms with van der Waals surface area (Å²) in [5, 5.41) is 10.1. The van der Waals surface area contributed by atoms with E-state index in [1.807, 2.05) is 18.3 Å². The van der Waals surface area contributed by atoms with Crippen LogP contribution < -0.4 is 21.5 Å². The summed E-state index contributed by atoms with van der Waals surface area (Å²) in [4.78, 5) is 6.12. The summed E-state index contributed by atoms with van der Waals surface area (Å²) in [7, 11) is 0. The predicted octanol–water partition coefficient (Wildman–Crippen LogP) is 2.22. The van der Waals surface area contributed by atoms with E-state index in [2.05, 4.69) is 41.3 Å². The molecule has 1 aromatic carbocycles. The molecule has 2 unspecified atom stereocenters. The molecular weight excluding hydrogens is 578 g/mol. The van der Waals surface area contributed by atoms with Crippen LogP contribution in [0.25, 0.3) is 17.0 Å². The average molecular weight is 592 g/mol. The molecule has 2 aromatic heterocycles. The Bertz CT molecular complexity index is 1020. The summed E-state index contributed by atoms with van der Waals surface area (Å²) in [6.07, 6.45) is 4.59. The molecule has 0 radical (unpaired) electrons. The topological polar surface area (TPSA) is 50.8 Å². The van der Waals surface area contributed by atoms with E-state index in [9.17, 15) is 0 Å². The van der Waals surface area contributed by atoms with Crippen molar-refractivity contribution < 1.29 is 30.4 Å². The second kappa shape index (κ2) is 8.74. The van der Waals surface area contributed by atoms with Crippen LogP contribution in [0.1, 0.15) is 28.5 Å². The van der Waals surface area contributed by atoms with Gasteiger partial charge in [-0.1, -0.05) is 0 Å². The van der Waals surface area contributed by atoms with E-state index in [1.165, 1.54) is 0 Å². The number of rotatable bonds is 6. The molecule has 0 aliphatic rings. The Balaban J connectivity index is 2.27. The number of nitriles is 1. The zero-order valence-electron chi connectivity index (χ0n) is 13.7. The minimum absolute atomic E-state index is 0.129. The van der Waals surface area contributed by atoms with Gasteiger partial charge in [0.15, 0.2) is 0 Å². The number of hydrogen-bond acceptors (Lipinski definition) is 3. The molecule has 26 heavy (non-hydrogen) atoms. The van der Waals surface area contributed by atoms with Gasteiger partial charge < -0.3 is 0 Å². The van der Waals surface area contributed by atoms with Crippen molar-refractivity contribution in [2.75, 3.05) is 4.93 Å². The molecule has 0 saturated heterocycles. The molecule has 0 fully saturated rings. The van der Waals surface area contributed by atoms with Crippen molar-refractivity contribution in [1.29, 1.82) is 5.26 Å². The Labute approximate surface area is 176 Å². The van der Waals surface area contributed by atoms with Crippen molar-refractivity contribution in [2.24, 2.45) is 0 Å². The Morgan fingerprint density at radius 2 is 2.31 bits per heavy atom. The summed E-state index contributed by atoms with van der Waals surface area (Å²) < 4.78 is 23.2. The summed E-state index contributed by atoms with van der Waals surface area (Å²) in [6, 6.07) is 8.98. The van der Waals surface area contributed by atoms with E-state index in [-0.39, 0.29) is 39.4 Å². The van der Waals surface area contributed by atoms with Gasteiger partial charge in [0.1, 0.15) is 0 Å². The van der Waals surface area contributed by atoms with Crippen molar-refractivity contribution in [3.63, 3.8) is 0 Å². The molecular formula is C18H14FI2N3OP-. The molecule has 2 heterocycles. The van der Waals surface area contributed by atoms with Crippen molar-refractivity contribution in [3.8, 4) is 6.07 Å². The molecule has 0 saturated carbocycles. The second-order valence-corrected chi connectivity index (χ2v) is 9.00. The van der Waals surface area contributed by atoms with Crippen molar-refractivity contribution in [3.05, 3.63) is 71.4 Å². The van der Waals surface area contributed by atoms with Gasteiger partial charge in [-0.15, -0.1) is 0 Å². The number of hydrogen-bond donors (Lipinski definition) is 0. The molecule has 0 bridgehead atoms. The van der Waals surface area contributed by atoms with E-state index in [4.69, 9.17) is 9.79 Å². The third-order valence-electron chi connectivity index (χ3n) is 3.99. The van der Waals surface area contributed by atoms with Crippen LogP contribution in [0.2, 0.25) is 0 Å². The van der Waals surface area contributed by atoms with Crippen LogP contribution in [-0.2, 0) is 4.52 Å². The fraction of sp³-hybridized carbons (Fsp3) is 0.111. The Morgan fingerprint density at radius 3 is 2.96 bits per heavy atom. The van der Waals surface area contributed by atoms with Gasteiger partial charge >= 0.3 is 177 Å². The van der Waals surface area contributed by atoms with Gasteiger partial charge in [-0.05, 0) is 0 Å². The van der Waals surface area contributed by atoms with Crippen LogP contribution >= 0.6 is 28.5 Å². The SMILES string of the molecule is C=Cc1c(C(OPI)c2ccnc(C#N)c2)c(F)cc2c1ccn2[I-]C. The van der Waals surface area contributed by atoms with Gasteiger partial charge in [0.05, 0.1) is 0 Å². The number of fused-ring (bicyclic) bond motifs is 1. The summed E-state index contributed by atoms with van der Waals surface area (Å²) in [5.74, 6) is -0.334. The van der Waals surface area contributed by atoms with Crippen LogP contribution in [0.5, 0.6) is 0 Å². The molecule has 3 aromatic rings. The first kappa shape index (κ1) is 19.7. The van der Waals surface area contributed by atoms with Gasteiger partial charge in [-0.2, -0.15) is 0 Å². The molecule has 0 amide bonds. The Kier molecular flexibility index (Phi) is 6.61. The average Bonchev–Trinajstić information content (AvgIpc) is 3.07. The number of benzene rings is 1. The molecule has 4 nitrogen and oxygen atoms in total. The first-order chi connectivity index (χ1) is 12.6. The Hall–Kier alpha value is -1.08. The summed E-state index contributed by atoms with van der Waals surface area (Å²) in [6.45, 7) is 4.03. The van der Waals surface area contributed by atoms with Crippen LogP contribution in [0.15, 0.2) is 43.2 Å². The molecule has 0 N–H and O–H groups in total. The van der Waals surface area contributed by atoms with Crippen LogP contribution in [0.4, 0.5) is 4.39 Å². The monoisotopic (exact) mass is 592 g/mol. The molecule has 8 heteroatoms. The third-order valence-corrected chi connectivity index (χ3v) is 6.96. The van der Waals surface area contributed by atoms with Crippen LogP contribution in [0.3, 0.4) is 0 Å². The maximum absolute atomic E-state index is 15.2. The fourth-order valence-corrected chi connectivity index (χ4v) is 5.41. The Morgan fingerprint density at radius 1 is 1.50 bits per heavy atom. The number of halogens is 3. The first-order valence-corrected chi connectivity index (χ1v) is 14.6. The number of pyridine rings is 1. The van der Waals surface area contributed by atoms with E-state index in [0.29, 0.717) is 11.1 Å². The molecule has 2 atom stereocenters. The second-order valence-electron chi connectivity index (χ2n) is 5.28. The van der Waals surface area contributed by atoms with E-state index in [1.54, 1.807) is 30.5 Å². The number of aromatic nitrogens is 2. The maximum atomic E-state index is 15.2. The van der Waals surface area contributed by atoms with Crippen molar-refractivity contribution >= 4 is 45.5 Å². The van der Waals surface area contributed by atoms with Crippen molar-refractivity contribution in [2.45, 2.75) is 6.10 Å². The summed E-state index contributed by atoms with van der Waals surface area (Å²) >= 11 is 1.88. The number of alkyl halides is 1. The molecule has 3 rings (SSSR count). The zero-order valence-corrected chi connectivity index (χ0v) is 19.0.